The number of hydrogen-bond donors (Lipinski definition) is 2. The second kappa shape index (κ2) is 6.92. The number of unbranched alkanes of at least 4 members (excludes halogenated alkanes) is 2. The van der Waals surface area contributed by atoms with Crippen LogP contribution in [0.3, 0.4) is 0 Å². The van der Waals surface area contributed by atoms with Crippen LogP contribution in [-0.2, 0) is 14.8 Å². The lowest BCUT2D eigenvalue weighted by atomic mass is 10.2. The van der Waals surface area contributed by atoms with Crippen LogP contribution in [0.5, 0.6) is 0 Å². The maximum absolute atomic E-state index is 11.6. The van der Waals surface area contributed by atoms with Gasteiger partial charge in [-0.1, -0.05) is 0 Å². The molecule has 0 aliphatic carbocycles. The first kappa shape index (κ1) is 15.2. The fourth-order valence-electron chi connectivity index (χ4n) is 1.46. The van der Waals surface area contributed by atoms with Crippen molar-refractivity contribution in [2.45, 2.75) is 30.6 Å². The highest BCUT2D eigenvalue weighted by atomic mass is 32.2. The molecule has 0 aromatic heterocycles. The van der Waals surface area contributed by atoms with Gasteiger partial charge in [0.15, 0.2) is 0 Å². The van der Waals surface area contributed by atoms with E-state index >= 15 is 0 Å². The van der Waals surface area contributed by atoms with Crippen molar-refractivity contribution in [1.29, 1.82) is 0 Å². The first-order valence-corrected chi connectivity index (χ1v) is 7.34. The first-order valence-electron chi connectivity index (χ1n) is 5.79. The van der Waals surface area contributed by atoms with E-state index in [0.29, 0.717) is 18.5 Å². The Bertz CT molecular complexity index is 571. The van der Waals surface area contributed by atoms with Gasteiger partial charge in [-0.15, -0.1) is 12.3 Å². The van der Waals surface area contributed by atoms with E-state index in [9.17, 15) is 13.2 Å². The summed E-state index contributed by atoms with van der Waals surface area (Å²) in [6, 6.07) is 5.70. The molecule has 0 aliphatic heterocycles. The van der Waals surface area contributed by atoms with Crippen molar-refractivity contribution in [1.82, 2.24) is 0 Å². The summed E-state index contributed by atoms with van der Waals surface area (Å²) in [7, 11) is -3.70. The third-order valence-electron chi connectivity index (χ3n) is 2.44. The molecule has 6 heteroatoms. The summed E-state index contributed by atoms with van der Waals surface area (Å²) in [5, 5.41) is 7.64. The van der Waals surface area contributed by atoms with Crippen LogP contribution in [0.4, 0.5) is 5.69 Å². The number of primary sulfonamides is 1. The van der Waals surface area contributed by atoms with Gasteiger partial charge in [0.1, 0.15) is 0 Å². The summed E-state index contributed by atoms with van der Waals surface area (Å²) < 4.78 is 22.1. The van der Waals surface area contributed by atoms with Gasteiger partial charge in [-0.3, -0.25) is 4.79 Å². The first-order chi connectivity index (χ1) is 8.93. The maximum Gasteiger partial charge on any atom is 0.238 e. The highest BCUT2D eigenvalue weighted by molar-refractivity contribution is 7.89. The van der Waals surface area contributed by atoms with E-state index in [1.54, 1.807) is 0 Å². The number of benzene rings is 1. The van der Waals surface area contributed by atoms with Crippen molar-refractivity contribution < 1.29 is 13.2 Å². The number of rotatable bonds is 6. The number of terminal acetylenes is 1. The molecular weight excluding hydrogens is 264 g/mol. The summed E-state index contributed by atoms with van der Waals surface area (Å²) in [5.74, 6) is 2.39. The zero-order valence-electron chi connectivity index (χ0n) is 10.4. The lowest BCUT2D eigenvalue weighted by Crippen LogP contribution is -2.13. The minimum absolute atomic E-state index is 0.0134. The van der Waals surface area contributed by atoms with Crippen molar-refractivity contribution in [3.8, 4) is 12.3 Å². The monoisotopic (exact) mass is 280 g/mol. The van der Waals surface area contributed by atoms with Gasteiger partial charge in [0.2, 0.25) is 15.9 Å². The molecule has 1 aromatic rings. The Morgan fingerprint density at radius 1 is 1.26 bits per heavy atom. The van der Waals surface area contributed by atoms with Crippen molar-refractivity contribution >= 4 is 21.6 Å². The second-order valence-electron chi connectivity index (χ2n) is 4.03. The van der Waals surface area contributed by atoms with Crippen molar-refractivity contribution in [2.24, 2.45) is 5.14 Å². The number of carbonyl (C=O) groups is 1. The molecule has 1 aromatic carbocycles. The molecule has 0 heterocycles. The van der Waals surface area contributed by atoms with Crippen LogP contribution in [0.2, 0.25) is 0 Å². The van der Waals surface area contributed by atoms with E-state index in [-0.39, 0.29) is 10.8 Å². The van der Waals surface area contributed by atoms with E-state index in [0.717, 1.165) is 12.8 Å². The average molecular weight is 280 g/mol. The van der Waals surface area contributed by atoms with Gasteiger partial charge in [-0.05, 0) is 37.1 Å². The maximum atomic E-state index is 11.6. The van der Waals surface area contributed by atoms with Gasteiger partial charge in [0.05, 0.1) is 4.90 Å². The second-order valence-corrected chi connectivity index (χ2v) is 5.59. The molecule has 19 heavy (non-hydrogen) atoms. The average Bonchev–Trinajstić information content (AvgIpc) is 2.34. The standard InChI is InChI=1S/C13H16N2O3S/c1-2-3-4-5-6-13(16)15-11-7-9-12(10-8-11)19(14,17)18/h1,7-10H,3-6H2,(H,15,16)(H2,14,17,18). The lowest BCUT2D eigenvalue weighted by molar-refractivity contribution is -0.116. The largest absolute Gasteiger partial charge is 0.326 e. The van der Waals surface area contributed by atoms with Crippen LogP contribution in [0, 0.1) is 12.3 Å². The van der Waals surface area contributed by atoms with Crippen LogP contribution in [-0.4, -0.2) is 14.3 Å². The number of anilines is 1. The predicted molar refractivity (Wildman–Crippen MR) is 73.7 cm³/mol. The van der Waals surface area contributed by atoms with E-state index in [4.69, 9.17) is 11.6 Å². The molecule has 5 nitrogen and oxygen atoms in total. The van der Waals surface area contributed by atoms with E-state index in [1.165, 1.54) is 24.3 Å². The SMILES string of the molecule is C#CCCCCC(=O)Nc1ccc(S(N)(=O)=O)cc1. The fraction of sp³-hybridized carbons (Fsp3) is 0.308. The topological polar surface area (TPSA) is 89.3 Å². The summed E-state index contributed by atoms with van der Waals surface area (Å²) in [6.07, 6.45) is 7.70. The molecule has 0 atom stereocenters. The molecule has 0 saturated carbocycles. The van der Waals surface area contributed by atoms with E-state index in [2.05, 4.69) is 11.2 Å². The Morgan fingerprint density at radius 2 is 1.89 bits per heavy atom. The zero-order valence-corrected chi connectivity index (χ0v) is 11.2. The number of nitrogens with two attached hydrogens (primary N) is 1. The third-order valence-corrected chi connectivity index (χ3v) is 3.37. The molecule has 0 fully saturated rings. The van der Waals surface area contributed by atoms with Crippen molar-refractivity contribution in [3.05, 3.63) is 24.3 Å². The minimum atomic E-state index is -3.70. The fourth-order valence-corrected chi connectivity index (χ4v) is 1.98. The molecule has 0 bridgehead atoms. The Labute approximate surface area is 113 Å². The van der Waals surface area contributed by atoms with Gasteiger partial charge in [-0.2, -0.15) is 0 Å². The normalized spacial score (nSPS) is 10.7. The van der Waals surface area contributed by atoms with Gasteiger partial charge in [0.25, 0.3) is 0 Å². The Hall–Kier alpha value is -1.84. The van der Waals surface area contributed by atoms with Crippen LogP contribution in [0.25, 0.3) is 0 Å². The Balaban J connectivity index is 2.50. The summed E-state index contributed by atoms with van der Waals surface area (Å²) in [5.41, 5.74) is 0.536. The molecule has 102 valence electrons. The molecule has 0 radical (unpaired) electrons. The smallest absolute Gasteiger partial charge is 0.238 e. The van der Waals surface area contributed by atoms with E-state index < -0.39 is 10.0 Å². The molecule has 1 rings (SSSR count). The van der Waals surface area contributed by atoms with Crippen LogP contribution in [0.1, 0.15) is 25.7 Å². The molecular formula is C13H16N2O3S. The molecule has 0 unspecified atom stereocenters. The van der Waals surface area contributed by atoms with Crippen molar-refractivity contribution in [3.63, 3.8) is 0 Å². The van der Waals surface area contributed by atoms with Gasteiger partial charge in [-0.25, -0.2) is 13.6 Å². The molecule has 3 N–H and O–H groups in total. The zero-order chi connectivity index (χ0) is 14.3. The highest BCUT2D eigenvalue weighted by Crippen LogP contribution is 2.13. The summed E-state index contributed by atoms with van der Waals surface area (Å²) in [6.45, 7) is 0. The lowest BCUT2D eigenvalue weighted by Gasteiger charge is -2.05. The van der Waals surface area contributed by atoms with E-state index in [1.807, 2.05) is 0 Å². The van der Waals surface area contributed by atoms with Gasteiger partial charge < -0.3 is 5.32 Å². The quantitative estimate of drug-likeness (QED) is 0.610. The number of amides is 1. The number of carbonyl (C=O) groups excluding carboxylic acids is 1. The predicted octanol–water partition coefficient (Wildman–Crippen LogP) is 1.47. The van der Waals surface area contributed by atoms with Crippen LogP contribution < -0.4 is 10.5 Å². The van der Waals surface area contributed by atoms with Crippen molar-refractivity contribution in [2.75, 3.05) is 5.32 Å². The number of hydrogen-bond acceptors (Lipinski definition) is 3. The Kier molecular flexibility index (Phi) is 5.55. The number of sulfonamides is 1. The molecule has 0 aliphatic rings. The third kappa shape index (κ3) is 5.55. The summed E-state index contributed by atoms with van der Waals surface area (Å²) >= 11 is 0. The van der Waals surface area contributed by atoms with Gasteiger partial charge in [0, 0.05) is 18.5 Å². The molecule has 0 spiro atoms. The summed E-state index contributed by atoms with van der Waals surface area (Å²) in [4.78, 5) is 11.6. The Morgan fingerprint density at radius 3 is 2.42 bits per heavy atom. The number of nitrogens with one attached hydrogen (secondary N) is 1. The molecule has 1 amide bonds. The highest BCUT2D eigenvalue weighted by Gasteiger charge is 2.07. The van der Waals surface area contributed by atoms with Crippen LogP contribution in [0.15, 0.2) is 29.2 Å². The van der Waals surface area contributed by atoms with Gasteiger partial charge >= 0.3 is 0 Å². The minimum Gasteiger partial charge on any atom is -0.326 e. The van der Waals surface area contributed by atoms with Crippen LogP contribution >= 0.6 is 0 Å². The molecule has 0 saturated heterocycles.